The standard InChI is InChI=1S/C12H9N3O4S2/c16-12(17)10-11(8-3-1-2-4-9(8)20-10)21(18,19)15-7-5-13-14-6-7/h1-6,15H,(H,13,14)(H,16,17). The molecule has 0 amide bonds. The van der Waals surface area contributed by atoms with Crippen LogP contribution in [-0.2, 0) is 10.0 Å². The molecule has 2 aromatic heterocycles. The van der Waals surface area contributed by atoms with Crippen LogP contribution in [0.4, 0.5) is 5.69 Å². The van der Waals surface area contributed by atoms with E-state index in [1.165, 1.54) is 12.4 Å². The maximum atomic E-state index is 12.5. The number of carboxylic acid groups (broad SMARTS) is 1. The first-order valence-electron chi connectivity index (χ1n) is 5.75. The van der Waals surface area contributed by atoms with E-state index in [1.807, 2.05) is 0 Å². The fraction of sp³-hybridized carbons (Fsp3) is 0. The van der Waals surface area contributed by atoms with Gasteiger partial charge in [-0.05, 0) is 6.07 Å². The zero-order chi connectivity index (χ0) is 15.0. The Morgan fingerprint density at radius 1 is 1.33 bits per heavy atom. The molecule has 3 rings (SSSR count). The number of rotatable bonds is 4. The number of carboxylic acids is 1. The molecule has 9 heteroatoms. The number of aromatic amines is 1. The van der Waals surface area contributed by atoms with Gasteiger partial charge < -0.3 is 5.11 Å². The van der Waals surface area contributed by atoms with Gasteiger partial charge in [0.1, 0.15) is 9.77 Å². The first-order chi connectivity index (χ1) is 9.99. The van der Waals surface area contributed by atoms with Gasteiger partial charge >= 0.3 is 5.97 Å². The van der Waals surface area contributed by atoms with Crippen LogP contribution in [0, 0.1) is 0 Å². The Labute approximate surface area is 123 Å². The van der Waals surface area contributed by atoms with Gasteiger partial charge in [-0.15, -0.1) is 11.3 Å². The number of nitrogens with zero attached hydrogens (tertiary/aromatic N) is 1. The molecule has 0 unspecified atom stereocenters. The lowest BCUT2D eigenvalue weighted by Crippen LogP contribution is -2.15. The van der Waals surface area contributed by atoms with E-state index in [9.17, 15) is 18.3 Å². The second-order valence-electron chi connectivity index (χ2n) is 4.15. The summed E-state index contributed by atoms with van der Waals surface area (Å²) in [4.78, 5) is 10.9. The minimum absolute atomic E-state index is 0.216. The third kappa shape index (κ3) is 2.36. The first-order valence-corrected chi connectivity index (χ1v) is 8.05. The Morgan fingerprint density at radius 2 is 2.10 bits per heavy atom. The van der Waals surface area contributed by atoms with Gasteiger partial charge in [-0.1, -0.05) is 18.2 Å². The van der Waals surface area contributed by atoms with Crippen LogP contribution in [-0.4, -0.2) is 29.7 Å². The fourth-order valence-electron chi connectivity index (χ4n) is 1.94. The summed E-state index contributed by atoms with van der Waals surface area (Å²) in [6, 6.07) is 6.66. The molecule has 0 aliphatic heterocycles. The molecule has 0 radical (unpaired) electrons. The molecule has 7 nitrogen and oxygen atoms in total. The minimum atomic E-state index is -4.02. The summed E-state index contributed by atoms with van der Waals surface area (Å²) in [5.41, 5.74) is 0.238. The molecule has 0 aliphatic carbocycles. The maximum absolute atomic E-state index is 12.5. The molecule has 3 N–H and O–H groups in total. The van der Waals surface area contributed by atoms with Gasteiger partial charge in [0.05, 0.1) is 11.9 Å². The number of thiophene rings is 1. The normalized spacial score (nSPS) is 11.6. The molecule has 0 bridgehead atoms. The second kappa shape index (κ2) is 4.86. The smallest absolute Gasteiger partial charge is 0.347 e. The van der Waals surface area contributed by atoms with Crippen molar-refractivity contribution < 1.29 is 18.3 Å². The highest BCUT2D eigenvalue weighted by Gasteiger charge is 2.28. The van der Waals surface area contributed by atoms with E-state index in [4.69, 9.17) is 0 Å². The Balaban J connectivity index is 2.22. The zero-order valence-corrected chi connectivity index (χ0v) is 12.0. The number of benzene rings is 1. The van der Waals surface area contributed by atoms with E-state index in [2.05, 4.69) is 14.9 Å². The summed E-state index contributed by atoms with van der Waals surface area (Å²) in [7, 11) is -4.02. The Kier molecular flexibility index (Phi) is 3.15. The van der Waals surface area contributed by atoms with E-state index >= 15 is 0 Å². The van der Waals surface area contributed by atoms with E-state index in [1.54, 1.807) is 24.3 Å². The number of sulfonamides is 1. The van der Waals surface area contributed by atoms with Crippen LogP contribution >= 0.6 is 11.3 Å². The van der Waals surface area contributed by atoms with Crippen LogP contribution in [0.5, 0.6) is 0 Å². The average Bonchev–Trinajstić information content (AvgIpc) is 3.04. The Bertz CT molecular complexity index is 913. The number of anilines is 1. The molecule has 108 valence electrons. The fourth-order valence-corrected chi connectivity index (χ4v) is 4.72. The van der Waals surface area contributed by atoms with Gasteiger partial charge in [-0.3, -0.25) is 9.82 Å². The van der Waals surface area contributed by atoms with Crippen LogP contribution in [0.3, 0.4) is 0 Å². The number of aromatic carboxylic acids is 1. The summed E-state index contributed by atoms with van der Waals surface area (Å²) < 4.78 is 27.9. The van der Waals surface area contributed by atoms with Gasteiger partial charge in [0, 0.05) is 16.3 Å². The molecule has 0 aliphatic rings. The van der Waals surface area contributed by atoms with E-state index in [0.29, 0.717) is 10.1 Å². The predicted octanol–water partition coefficient (Wildman–Crippen LogP) is 2.12. The van der Waals surface area contributed by atoms with Crippen molar-refractivity contribution in [3.63, 3.8) is 0 Å². The quantitative estimate of drug-likeness (QED) is 0.681. The summed E-state index contributed by atoms with van der Waals surface area (Å²) >= 11 is 0.929. The highest BCUT2D eigenvalue weighted by Crippen LogP contribution is 2.35. The van der Waals surface area contributed by atoms with E-state index in [0.717, 1.165) is 11.3 Å². The van der Waals surface area contributed by atoms with Gasteiger partial charge in [0.2, 0.25) is 0 Å². The molecule has 2 heterocycles. The molecule has 0 saturated heterocycles. The highest BCUT2D eigenvalue weighted by molar-refractivity contribution is 7.93. The maximum Gasteiger partial charge on any atom is 0.347 e. The summed E-state index contributed by atoms with van der Waals surface area (Å²) in [5, 5.41) is 15.8. The molecule has 3 aromatic rings. The third-order valence-electron chi connectivity index (χ3n) is 2.76. The largest absolute Gasteiger partial charge is 0.477 e. The molecular weight excluding hydrogens is 314 g/mol. The van der Waals surface area contributed by atoms with Crippen molar-refractivity contribution in [1.82, 2.24) is 10.2 Å². The number of fused-ring (bicyclic) bond motifs is 1. The Hall–Kier alpha value is -2.39. The van der Waals surface area contributed by atoms with Gasteiger partial charge in [0.15, 0.2) is 0 Å². The lowest BCUT2D eigenvalue weighted by atomic mass is 10.2. The summed E-state index contributed by atoms with van der Waals surface area (Å²) in [5.74, 6) is -1.27. The van der Waals surface area contributed by atoms with Crippen LogP contribution in [0.2, 0.25) is 0 Å². The van der Waals surface area contributed by atoms with Crippen molar-refractivity contribution in [2.75, 3.05) is 4.72 Å². The lowest BCUT2D eigenvalue weighted by molar-refractivity contribution is 0.0698. The lowest BCUT2D eigenvalue weighted by Gasteiger charge is -2.06. The van der Waals surface area contributed by atoms with Gasteiger partial charge in [0.25, 0.3) is 10.0 Å². The van der Waals surface area contributed by atoms with Gasteiger partial charge in [-0.25, -0.2) is 13.2 Å². The number of aromatic nitrogens is 2. The molecule has 0 fully saturated rings. The highest BCUT2D eigenvalue weighted by atomic mass is 32.2. The van der Waals surface area contributed by atoms with Gasteiger partial charge in [-0.2, -0.15) is 5.10 Å². The van der Waals surface area contributed by atoms with Crippen molar-refractivity contribution in [2.45, 2.75) is 4.90 Å². The van der Waals surface area contributed by atoms with Crippen molar-refractivity contribution >= 4 is 43.1 Å². The topological polar surface area (TPSA) is 112 Å². The molecule has 0 spiro atoms. The predicted molar refractivity (Wildman–Crippen MR) is 78.2 cm³/mol. The average molecular weight is 323 g/mol. The number of hydrogen-bond acceptors (Lipinski definition) is 5. The second-order valence-corrected chi connectivity index (χ2v) is 6.83. The SMILES string of the molecule is O=C(O)c1sc2ccccc2c1S(=O)(=O)Nc1cn[nH]c1. The van der Waals surface area contributed by atoms with Crippen LogP contribution < -0.4 is 4.72 Å². The van der Waals surface area contributed by atoms with Crippen molar-refractivity contribution in [2.24, 2.45) is 0 Å². The molecule has 21 heavy (non-hydrogen) atoms. The zero-order valence-electron chi connectivity index (χ0n) is 10.4. The Morgan fingerprint density at radius 3 is 2.76 bits per heavy atom. The number of H-pyrrole nitrogens is 1. The van der Waals surface area contributed by atoms with E-state index in [-0.39, 0.29) is 15.5 Å². The number of carbonyl (C=O) groups is 1. The number of nitrogens with one attached hydrogen (secondary N) is 2. The molecule has 0 atom stereocenters. The van der Waals surface area contributed by atoms with Crippen LogP contribution in [0.1, 0.15) is 9.67 Å². The third-order valence-corrected chi connectivity index (χ3v) is 5.52. The monoisotopic (exact) mass is 323 g/mol. The minimum Gasteiger partial charge on any atom is -0.477 e. The number of hydrogen-bond donors (Lipinski definition) is 3. The van der Waals surface area contributed by atoms with Crippen LogP contribution in [0.25, 0.3) is 10.1 Å². The van der Waals surface area contributed by atoms with E-state index < -0.39 is 16.0 Å². The van der Waals surface area contributed by atoms with Crippen molar-refractivity contribution in [3.05, 3.63) is 41.5 Å². The van der Waals surface area contributed by atoms with Crippen molar-refractivity contribution in [3.8, 4) is 0 Å². The first kappa shape index (κ1) is 13.6. The molecule has 1 aromatic carbocycles. The van der Waals surface area contributed by atoms with Crippen LogP contribution in [0.15, 0.2) is 41.6 Å². The molecular formula is C12H9N3O4S2. The van der Waals surface area contributed by atoms with Crippen molar-refractivity contribution in [1.29, 1.82) is 0 Å². The summed E-state index contributed by atoms with van der Waals surface area (Å²) in [6.45, 7) is 0. The molecule has 0 saturated carbocycles. The summed E-state index contributed by atoms with van der Waals surface area (Å²) in [6.07, 6.45) is 2.67.